The number of aliphatic carboxylic acids is 1. The van der Waals surface area contributed by atoms with E-state index < -0.39 is 17.7 Å². The SMILES string of the molecule is Cc1ccc(-c2c([C@H](OC(C)(C)C)C(=O)O)c(Cl)c3c4c2cc(C)n4CCN3CCN(C)C)cc1. The molecule has 1 N–H and O–H groups in total. The van der Waals surface area contributed by atoms with Crippen molar-refractivity contribution in [2.24, 2.45) is 0 Å². The summed E-state index contributed by atoms with van der Waals surface area (Å²) in [6.45, 7) is 13.1. The number of anilines is 1. The van der Waals surface area contributed by atoms with Crippen molar-refractivity contribution in [1.29, 1.82) is 0 Å². The molecule has 1 aliphatic rings. The number of carboxylic acids is 1. The highest BCUT2D eigenvalue weighted by molar-refractivity contribution is 6.37. The fraction of sp³-hybridized carbons (Fsp3) is 0.464. The van der Waals surface area contributed by atoms with Gasteiger partial charge in [-0.1, -0.05) is 41.4 Å². The maximum absolute atomic E-state index is 12.7. The lowest BCUT2D eigenvalue weighted by atomic mass is 9.90. The molecular weight excluding hydrogens is 462 g/mol. The van der Waals surface area contributed by atoms with Crippen molar-refractivity contribution in [3.8, 4) is 11.1 Å². The molecule has 7 heteroatoms. The van der Waals surface area contributed by atoms with Crippen LogP contribution in [0.2, 0.25) is 5.02 Å². The number of ether oxygens (including phenoxy) is 1. The van der Waals surface area contributed by atoms with E-state index in [2.05, 4.69) is 41.5 Å². The number of hydrogen-bond acceptors (Lipinski definition) is 4. The largest absolute Gasteiger partial charge is 0.479 e. The highest BCUT2D eigenvalue weighted by Crippen LogP contribution is 2.50. The van der Waals surface area contributed by atoms with Crippen molar-refractivity contribution in [2.45, 2.75) is 52.9 Å². The second-order valence-corrected chi connectivity index (χ2v) is 11.1. The molecule has 0 fully saturated rings. The molecule has 2 aromatic carbocycles. The summed E-state index contributed by atoms with van der Waals surface area (Å²) < 4.78 is 8.48. The van der Waals surface area contributed by atoms with E-state index in [1.165, 1.54) is 0 Å². The third kappa shape index (κ3) is 4.92. The zero-order chi connectivity index (χ0) is 25.7. The Balaban J connectivity index is 2.09. The van der Waals surface area contributed by atoms with Crippen LogP contribution >= 0.6 is 11.6 Å². The molecule has 2 heterocycles. The van der Waals surface area contributed by atoms with E-state index in [0.29, 0.717) is 10.6 Å². The van der Waals surface area contributed by atoms with E-state index in [1.54, 1.807) is 0 Å². The zero-order valence-electron chi connectivity index (χ0n) is 21.8. The van der Waals surface area contributed by atoms with Gasteiger partial charge in [0.2, 0.25) is 0 Å². The Bertz CT molecular complexity index is 1260. The maximum atomic E-state index is 12.7. The van der Waals surface area contributed by atoms with Crippen molar-refractivity contribution in [3.05, 3.63) is 52.2 Å². The Morgan fingerprint density at radius 3 is 2.40 bits per heavy atom. The minimum Gasteiger partial charge on any atom is -0.479 e. The fourth-order valence-electron chi connectivity index (χ4n) is 4.93. The maximum Gasteiger partial charge on any atom is 0.337 e. The summed E-state index contributed by atoms with van der Waals surface area (Å²) in [6.07, 6.45) is -1.21. The van der Waals surface area contributed by atoms with Crippen LogP contribution in [0.25, 0.3) is 22.0 Å². The average Bonchev–Trinajstić information content (AvgIpc) is 3.10. The lowest BCUT2D eigenvalue weighted by Gasteiger charge is -2.35. The van der Waals surface area contributed by atoms with Gasteiger partial charge in [0.1, 0.15) is 0 Å². The number of rotatable bonds is 7. The Kier molecular flexibility index (Phi) is 6.93. The average molecular weight is 498 g/mol. The molecule has 1 aliphatic heterocycles. The van der Waals surface area contributed by atoms with Gasteiger partial charge < -0.3 is 24.2 Å². The molecule has 6 nitrogen and oxygen atoms in total. The van der Waals surface area contributed by atoms with Crippen LogP contribution in [0.4, 0.5) is 5.69 Å². The van der Waals surface area contributed by atoms with E-state index in [0.717, 1.165) is 65.2 Å². The van der Waals surface area contributed by atoms with Gasteiger partial charge in [0.25, 0.3) is 0 Å². The Morgan fingerprint density at radius 1 is 1.17 bits per heavy atom. The van der Waals surface area contributed by atoms with Gasteiger partial charge in [0.15, 0.2) is 6.10 Å². The van der Waals surface area contributed by atoms with Crippen LogP contribution in [-0.2, 0) is 16.1 Å². The third-order valence-electron chi connectivity index (χ3n) is 6.54. The minimum atomic E-state index is -1.21. The van der Waals surface area contributed by atoms with E-state index in [9.17, 15) is 9.90 Å². The van der Waals surface area contributed by atoms with Gasteiger partial charge in [-0.25, -0.2) is 4.79 Å². The van der Waals surface area contributed by atoms with E-state index >= 15 is 0 Å². The summed E-state index contributed by atoms with van der Waals surface area (Å²) >= 11 is 7.26. The topological polar surface area (TPSA) is 57.9 Å². The van der Waals surface area contributed by atoms with Crippen LogP contribution in [-0.4, -0.2) is 59.9 Å². The number of aromatic nitrogens is 1. The molecule has 0 saturated carbocycles. The summed E-state index contributed by atoms with van der Waals surface area (Å²) in [7, 11) is 4.11. The molecule has 35 heavy (non-hydrogen) atoms. The van der Waals surface area contributed by atoms with Crippen molar-refractivity contribution in [1.82, 2.24) is 9.47 Å². The quantitative estimate of drug-likeness (QED) is 0.440. The highest BCUT2D eigenvalue weighted by atomic mass is 35.5. The van der Waals surface area contributed by atoms with Gasteiger partial charge in [0, 0.05) is 42.8 Å². The molecule has 0 unspecified atom stereocenters. The van der Waals surface area contributed by atoms with Gasteiger partial charge in [-0.15, -0.1) is 0 Å². The third-order valence-corrected chi connectivity index (χ3v) is 6.92. The van der Waals surface area contributed by atoms with Crippen LogP contribution < -0.4 is 4.90 Å². The molecule has 4 rings (SSSR count). The molecule has 0 bridgehead atoms. The Labute approximate surface area is 213 Å². The monoisotopic (exact) mass is 497 g/mol. The van der Waals surface area contributed by atoms with Gasteiger partial charge >= 0.3 is 5.97 Å². The predicted molar refractivity (Wildman–Crippen MR) is 144 cm³/mol. The first kappa shape index (κ1) is 25.5. The van der Waals surface area contributed by atoms with Crippen LogP contribution in [0.5, 0.6) is 0 Å². The van der Waals surface area contributed by atoms with Crippen LogP contribution in [0.1, 0.15) is 43.7 Å². The molecule has 0 amide bonds. The molecule has 188 valence electrons. The molecule has 1 aromatic heterocycles. The number of halogens is 1. The van der Waals surface area contributed by atoms with Crippen molar-refractivity contribution < 1.29 is 14.6 Å². The summed E-state index contributed by atoms with van der Waals surface area (Å²) in [5.74, 6) is -1.05. The molecule has 1 atom stereocenters. The molecular formula is C28H36ClN3O3. The Morgan fingerprint density at radius 2 is 1.83 bits per heavy atom. The lowest BCUT2D eigenvalue weighted by molar-refractivity contribution is -0.160. The Hall–Kier alpha value is -2.54. The lowest BCUT2D eigenvalue weighted by Crippen LogP contribution is -2.37. The smallest absolute Gasteiger partial charge is 0.337 e. The second-order valence-electron chi connectivity index (χ2n) is 10.8. The molecule has 0 aliphatic carbocycles. The summed E-state index contributed by atoms with van der Waals surface area (Å²) in [5, 5.41) is 11.8. The van der Waals surface area contributed by atoms with Gasteiger partial charge in [-0.3, -0.25) is 0 Å². The highest BCUT2D eigenvalue weighted by Gasteiger charge is 2.36. The fourth-order valence-corrected chi connectivity index (χ4v) is 5.33. The summed E-state index contributed by atoms with van der Waals surface area (Å²) in [5.41, 5.74) is 5.87. The number of hydrogen-bond donors (Lipinski definition) is 1. The number of benzene rings is 2. The van der Waals surface area contributed by atoms with E-state index in [-0.39, 0.29) is 0 Å². The van der Waals surface area contributed by atoms with Crippen molar-refractivity contribution in [3.63, 3.8) is 0 Å². The van der Waals surface area contributed by atoms with Gasteiger partial charge in [0.05, 0.1) is 21.8 Å². The standard InChI is InChI=1S/C28H36ClN3O3/c1-17-8-10-19(11-9-17)21-20-16-18(2)32-15-14-31(13-12-30(6)7)25(24(20)32)23(29)22(21)26(27(33)34)35-28(3,4)5/h8-11,16,26H,12-15H2,1-7H3,(H,33,34)/t26-/m0/s1. The predicted octanol–water partition coefficient (Wildman–Crippen LogP) is 5.90. The molecule has 3 aromatic rings. The molecule has 0 radical (unpaired) electrons. The minimum absolute atomic E-state index is 0.461. The van der Waals surface area contributed by atoms with E-state index in [4.69, 9.17) is 16.3 Å². The number of nitrogens with zero attached hydrogens (tertiary/aromatic N) is 3. The summed E-state index contributed by atoms with van der Waals surface area (Å²) in [6, 6.07) is 10.3. The van der Waals surface area contributed by atoms with Gasteiger partial charge in [-0.05, 0) is 65.9 Å². The summed E-state index contributed by atoms with van der Waals surface area (Å²) in [4.78, 5) is 17.1. The first-order chi connectivity index (χ1) is 16.4. The van der Waals surface area contributed by atoms with Crippen LogP contribution in [0.15, 0.2) is 30.3 Å². The number of carboxylic acid groups (broad SMARTS) is 1. The first-order valence-corrected chi connectivity index (χ1v) is 12.5. The number of aryl methyl sites for hydroxylation is 2. The number of carbonyl (C=O) groups is 1. The van der Waals surface area contributed by atoms with Gasteiger partial charge in [-0.2, -0.15) is 0 Å². The molecule has 0 saturated heterocycles. The number of likely N-dealkylation sites (N-methyl/N-ethyl adjacent to an activating group) is 1. The molecule has 0 spiro atoms. The second kappa shape index (κ2) is 9.49. The first-order valence-electron chi connectivity index (χ1n) is 12.1. The van der Waals surface area contributed by atoms with Crippen LogP contribution in [0.3, 0.4) is 0 Å². The van der Waals surface area contributed by atoms with Crippen LogP contribution in [0, 0.1) is 13.8 Å². The zero-order valence-corrected chi connectivity index (χ0v) is 22.5. The van der Waals surface area contributed by atoms with Crippen molar-refractivity contribution >= 4 is 34.2 Å². The normalized spacial score (nSPS) is 14.7. The van der Waals surface area contributed by atoms with Crippen molar-refractivity contribution in [2.75, 3.05) is 38.6 Å². The van der Waals surface area contributed by atoms with E-state index in [1.807, 2.05) is 52.0 Å².